The molecule has 1 heterocycles. The largest absolute Gasteiger partial charge is 0.496 e. The van der Waals surface area contributed by atoms with Gasteiger partial charge in [0.05, 0.1) is 12.7 Å². The first kappa shape index (κ1) is 15.1. The normalized spacial score (nSPS) is 18.6. The molecule has 1 unspecified atom stereocenters. The van der Waals surface area contributed by atoms with E-state index in [-0.39, 0.29) is 5.91 Å². The minimum Gasteiger partial charge on any atom is -0.496 e. The lowest BCUT2D eigenvalue weighted by Crippen LogP contribution is -2.44. The summed E-state index contributed by atoms with van der Waals surface area (Å²) in [5.41, 5.74) is 0.551. The molecule has 0 aliphatic carbocycles. The molecular formula is C15H21ClN2O2. The van der Waals surface area contributed by atoms with Gasteiger partial charge < -0.3 is 15.0 Å². The molecule has 1 saturated heterocycles. The van der Waals surface area contributed by atoms with Gasteiger partial charge in [0.15, 0.2) is 0 Å². The molecule has 0 radical (unpaired) electrons. The van der Waals surface area contributed by atoms with Crippen LogP contribution in [0.5, 0.6) is 5.75 Å². The molecule has 1 aliphatic rings. The number of likely N-dealkylation sites (N-methyl/N-ethyl adjacent to an activating group) is 1. The van der Waals surface area contributed by atoms with Crippen LogP contribution in [0, 0.1) is 0 Å². The average Bonchev–Trinajstić information content (AvgIpc) is 2.47. The Morgan fingerprint density at radius 1 is 1.50 bits per heavy atom. The number of rotatable bonds is 4. The van der Waals surface area contributed by atoms with Gasteiger partial charge in [-0.15, -0.1) is 0 Å². The molecule has 2 rings (SSSR count). The van der Waals surface area contributed by atoms with Gasteiger partial charge >= 0.3 is 0 Å². The molecule has 110 valence electrons. The summed E-state index contributed by atoms with van der Waals surface area (Å²) in [4.78, 5) is 14.2. The molecule has 1 amide bonds. The lowest BCUT2D eigenvalue weighted by Gasteiger charge is -2.28. The highest BCUT2D eigenvalue weighted by Crippen LogP contribution is 2.24. The van der Waals surface area contributed by atoms with Crippen LogP contribution < -0.4 is 10.1 Å². The molecule has 0 bridgehead atoms. The molecular weight excluding hydrogens is 276 g/mol. The first-order chi connectivity index (χ1) is 9.61. The highest BCUT2D eigenvalue weighted by atomic mass is 35.5. The van der Waals surface area contributed by atoms with E-state index >= 15 is 0 Å². The van der Waals surface area contributed by atoms with Crippen LogP contribution in [0.15, 0.2) is 18.2 Å². The lowest BCUT2D eigenvalue weighted by molar-refractivity contribution is 0.0772. The fourth-order valence-electron chi connectivity index (χ4n) is 2.54. The van der Waals surface area contributed by atoms with Crippen molar-refractivity contribution in [2.45, 2.75) is 25.3 Å². The molecule has 20 heavy (non-hydrogen) atoms. The molecule has 1 aromatic carbocycles. The molecule has 1 aromatic rings. The van der Waals surface area contributed by atoms with Gasteiger partial charge in [0.25, 0.3) is 5.91 Å². The Bertz CT molecular complexity index is 473. The van der Waals surface area contributed by atoms with Crippen molar-refractivity contribution in [2.75, 3.05) is 27.2 Å². The Balaban J connectivity index is 2.05. The monoisotopic (exact) mass is 296 g/mol. The summed E-state index contributed by atoms with van der Waals surface area (Å²) in [5, 5.41) is 4.01. The van der Waals surface area contributed by atoms with E-state index in [1.165, 1.54) is 12.8 Å². The number of carbonyl (C=O) groups excluding carboxylic acids is 1. The first-order valence-electron chi connectivity index (χ1n) is 6.94. The molecule has 0 aromatic heterocycles. The summed E-state index contributed by atoms with van der Waals surface area (Å²) in [6, 6.07) is 5.48. The van der Waals surface area contributed by atoms with Crippen LogP contribution in [0.25, 0.3) is 0 Å². The lowest BCUT2D eigenvalue weighted by atomic mass is 10.0. The zero-order valence-corrected chi connectivity index (χ0v) is 12.7. The number of piperidine rings is 1. The Morgan fingerprint density at radius 3 is 2.95 bits per heavy atom. The number of amides is 1. The van der Waals surface area contributed by atoms with Gasteiger partial charge in [-0.1, -0.05) is 18.0 Å². The molecule has 1 atom stereocenters. The van der Waals surface area contributed by atoms with Crippen molar-refractivity contribution in [1.82, 2.24) is 10.2 Å². The summed E-state index contributed by atoms with van der Waals surface area (Å²) >= 11 is 5.92. The van der Waals surface area contributed by atoms with Crippen molar-refractivity contribution < 1.29 is 9.53 Å². The number of hydrogen-bond acceptors (Lipinski definition) is 3. The van der Waals surface area contributed by atoms with Crippen LogP contribution in [0.3, 0.4) is 0 Å². The Morgan fingerprint density at radius 2 is 2.30 bits per heavy atom. The quantitative estimate of drug-likeness (QED) is 0.928. The molecule has 1 N–H and O–H groups in total. The standard InChI is InChI=1S/C15H21ClN2O2/c1-18(10-12-5-3-4-8-17-12)15(19)13-7-6-11(16)9-14(13)20-2/h6-7,9,12,17H,3-5,8,10H2,1-2H3. The van der Waals surface area contributed by atoms with Gasteiger partial charge in [0.1, 0.15) is 5.75 Å². The maximum atomic E-state index is 12.5. The van der Waals surface area contributed by atoms with E-state index in [1.807, 2.05) is 7.05 Å². The van der Waals surface area contributed by atoms with Crippen LogP contribution >= 0.6 is 11.6 Å². The van der Waals surface area contributed by atoms with Gasteiger partial charge in [-0.05, 0) is 37.6 Å². The second-order valence-electron chi connectivity index (χ2n) is 5.18. The average molecular weight is 297 g/mol. The number of halogens is 1. The summed E-state index contributed by atoms with van der Waals surface area (Å²) in [7, 11) is 3.37. The molecule has 0 saturated carbocycles. The zero-order valence-electron chi connectivity index (χ0n) is 12.0. The molecule has 5 heteroatoms. The van der Waals surface area contributed by atoms with Crippen molar-refractivity contribution in [3.8, 4) is 5.75 Å². The SMILES string of the molecule is COc1cc(Cl)ccc1C(=O)N(C)CC1CCCCN1. The van der Waals surface area contributed by atoms with E-state index in [4.69, 9.17) is 16.3 Å². The van der Waals surface area contributed by atoms with Crippen LogP contribution in [0.1, 0.15) is 29.6 Å². The molecule has 4 nitrogen and oxygen atoms in total. The van der Waals surface area contributed by atoms with E-state index in [1.54, 1.807) is 30.2 Å². The molecule has 1 aliphatic heterocycles. The number of nitrogens with one attached hydrogen (secondary N) is 1. The van der Waals surface area contributed by atoms with E-state index in [0.29, 0.717) is 28.9 Å². The molecule has 1 fully saturated rings. The van der Waals surface area contributed by atoms with Crippen LogP contribution in [0.2, 0.25) is 5.02 Å². The summed E-state index contributed by atoms with van der Waals surface area (Å²) in [6.07, 6.45) is 3.57. The fourth-order valence-corrected chi connectivity index (χ4v) is 2.70. The van der Waals surface area contributed by atoms with Crippen molar-refractivity contribution in [3.05, 3.63) is 28.8 Å². The third-order valence-corrected chi connectivity index (χ3v) is 3.88. The second-order valence-corrected chi connectivity index (χ2v) is 5.61. The summed E-state index contributed by atoms with van der Waals surface area (Å²) < 4.78 is 5.24. The van der Waals surface area contributed by atoms with Gasteiger partial charge in [-0.3, -0.25) is 4.79 Å². The van der Waals surface area contributed by atoms with Crippen LogP contribution in [-0.2, 0) is 0 Å². The topological polar surface area (TPSA) is 41.6 Å². The zero-order chi connectivity index (χ0) is 14.5. The second kappa shape index (κ2) is 6.95. The Kier molecular flexibility index (Phi) is 5.26. The van der Waals surface area contributed by atoms with Gasteiger partial charge in [0, 0.05) is 24.7 Å². The number of nitrogens with zero attached hydrogens (tertiary/aromatic N) is 1. The minimum absolute atomic E-state index is 0.0362. The van der Waals surface area contributed by atoms with Crippen molar-refractivity contribution in [2.24, 2.45) is 0 Å². The number of hydrogen-bond donors (Lipinski definition) is 1. The number of carbonyl (C=O) groups is 1. The highest BCUT2D eigenvalue weighted by Gasteiger charge is 2.21. The third kappa shape index (κ3) is 3.64. The summed E-state index contributed by atoms with van der Waals surface area (Å²) in [5.74, 6) is 0.483. The predicted octanol–water partition coefficient (Wildman–Crippen LogP) is 2.56. The van der Waals surface area contributed by atoms with Crippen LogP contribution in [0.4, 0.5) is 0 Å². The predicted molar refractivity (Wildman–Crippen MR) is 80.6 cm³/mol. The minimum atomic E-state index is -0.0362. The number of methoxy groups -OCH3 is 1. The number of ether oxygens (including phenoxy) is 1. The van der Waals surface area contributed by atoms with E-state index < -0.39 is 0 Å². The maximum Gasteiger partial charge on any atom is 0.257 e. The van der Waals surface area contributed by atoms with Gasteiger partial charge in [-0.25, -0.2) is 0 Å². The van der Waals surface area contributed by atoms with Gasteiger partial charge in [-0.2, -0.15) is 0 Å². The Labute approximate surface area is 125 Å². The van der Waals surface area contributed by atoms with Gasteiger partial charge in [0.2, 0.25) is 0 Å². The van der Waals surface area contributed by atoms with E-state index in [9.17, 15) is 4.79 Å². The maximum absolute atomic E-state index is 12.5. The van der Waals surface area contributed by atoms with Crippen molar-refractivity contribution in [3.63, 3.8) is 0 Å². The fraction of sp³-hybridized carbons (Fsp3) is 0.533. The first-order valence-corrected chi connectivity index (χ1v) is 7.32. The van der Waals surface area contributed by atoms with Crippen LogP contribution in [-0.4, -0.2) is 44.1 Å². The number of benzene rings is 1. The Hall–Kier alpha value is -1.26. The third-order valence-electron chi connectivity index (χ3n) is 3.65. The van der Waals surface area contributed by atoms with E-state index in [0.717, 1.165) is 13.0 Å². The summed E-state index contributed by atoms with van der Waals surface area (Å²) in [6.45, 7) is 1.75. The van der Waals surface area contributed by atoms with Crippen molar-refractivity contribution >= 4 is 17.5 Å². The van der Waals surface area contributed by atoms with Crippen molar-refractivity contribution in [1.29, 1.82) is 0 Å². The molecule has 0 spiro atoms. The van der Waals surface area contributed by atoms with E-state index in [2.05, 4.69) is 5.32 Å². The highest BCUT2D eigenvalue weighted by molar-refractivity contribution is 6.30. The smallest absolute Gasteiger partial charge is 0.257 e.